The second-order valence-electron chi connectivity index (χ2n) is 6.72. The number of nitrogens with one attached hydrogen (secondary N) is 1. The number of likely N-dealkylation sites (tertiary alicyclic amines) is 1. The van der Waals surface area contributed by atoms with Gasteiger partial charge in [0.2, 0.25) is 5.91 Å². The third-order valence-electron chi connectivity index (χ3n) is 5.42. The normalized spacial score (nSPS) is 38.5. The average Bonchev–Trinajstić information content (AvgIpc) is 3.13. The van der Waals surface area contributed by atoms with Crippen LogP contribution in [-0.4, -0.2) is 48.2 Å². The number of hydrogen-bond acceptors (Lipinski definition) is 3. The first-order valence-electron chi connectivity index (χ1n) is 8.40. The zero-order valence-electron chi connectivity index (χ0n) is 12.7. The van der Waals surface area contributed by atoms with Gasteiger partial charge in [-0.15, -0.1) is 0 Å². The highest BCUT2D eigenvalue weighted by atomic mass is 16.5. The van der Waals surface area contributed by atoms with Crippen LogP contribution >= 0.6 is 0 Å². The molecule has 3 fully saturated rings. The summed E-state index contributed by atoms with van der Waals surface area (Å²) in [5.41, 5.74) is 0.126. The van der Waals surface area contributed by atoms with Gasteiger partial charge in [-0.1, -0.05) is 6.92 Å². The molecule has 2 saturated heterocycles. The number of hydrogen-bond donors (Lipinski definition) is 1. The predicted molar refractivity (Wildman–Crippen MR) is 78.6 cm³/mol. The molecule has 114 valence electrons. The summed E-state index contributed by atoms with van der Waals surface area (Å²) in [6.45, 7) is 5.25. The molecule has 3 atom stereocenters. The summed E-state index contributed by atoms with van der Waals surface area (Å²) in [6.07, 6.45) is 8.92. The monoisotopic (exact) mass is 280 g/mol. The minimum Gasteiger partial charge on any atom is -0.375 e. The van der Waals surface area contributed by atoms with Gasteiger partial charge < -0.3 is 10.1 Å². The first kappa shape index (κ1) is 14.3. The Morgan fingerprint density at radius 3 is 2.75 bits per heavy atom. The highest BCUT2D eigenvalue weighted by Gasteiger charge is 2.46. The topological polar surface area (TPSA) is 41.6 Å². The van der Waals surface area contributed by atoms with E-state index in [0.717, 1.165) is 25.9 Å². The number of carbonyl (C=O) groups excluding carboxylic acids is 1. The Bertz CT molecular complexity index is 346. The van der Waals surface area contributed by atoms with Crippen molar-refractivity contribution < 1.29 is 9.53 Å². The van der Waals surface area contributed by atoms with Crippen LogP contribution in [0.3, 0.4) is 0 Å². The predicted octanol–water partition coefficient (Wildman–Crippen LogP) is 2.08. The summed E-state index contributed by atoms with van der Waals surface area (Å²) in [5.74, 6) is 0.197. The van der Waals surface area contributed by atoms with Crippen molar-refractivity contribution in [2.24, 2.45) is 0 Å². The zero-order chi connectivity index (χ0) is 14.0. The third-order valence-corrected chi connectivity index (χ3v) is 5.42. The van der Waals surface area contributed by atoms with Crippen molar-refractivity contribution >= 4 is 5.91 Å². The summed E-state index contributed by atoms with van der Waals surface area (Å²) in [7, 11) is 0. The molecule has 1 amide bonds. The molecule has 0 aromatic rings. The number of carbonyl (C=O) groups is 1. The molecule has 3 unspecified atom stereocenters. The Balaban J connectivity index is 1.71. The summed E-state index contributed by atoms with van der Waals surface area (Å²) < 4.78 is 6.11. The van der Waals surface area contributed by atoms with Crippen molar-refractivity contribution in [1.82, 2.24) is 10.2 Å². The molecule has 3 rings (SSSR count). The minimum atomic E-state index is 0.126. The largest absolute Gasteiger partial charge is 0.375 e. The van der Waals surface area contributed by atoms with Crippen LogP contribution in [0, 0.1) is 0 Å². The van der Waals surface area contributed by atoms with Crippen LogP contribution in [0.15, 0.2) is 0 Å². The highest BCUT2D eigenvalue weighted by Crippen LogP contribution is 2.41. The van der Waals surface area contributed by atoms with Crippen LogP contribution in [0.1, 0.15) is 58.3 Å². The van der Waals surface area contributed by atoms with Crippen molar-refractivity contribution in [2.75, 3.05) is 19.7 Å². The molecular weight excluding hydrogens is 252 g/mol. The maximum Gasteiger partial charge on any atom is 0.219 e. The molecule has 4 nitrogen and oxygen atoms in total. The van der Waals surface area contributed by atoms with Crippen LogP contribution in [-0.2, 0) is 9.53 Å². The molecule has 1 spiro atoms. The van der Waals surface area contributed by atoms with Crippen molar-refractivity contribution in [3.8, 4) is 0 Å². The Morgan fingerprint density at radius 2 is 2.10 bits per heavy atom. The molecule has 0 bridgehead atoms. The molecule has 1 aliphatic carbocycles. The van der Waals surface area contributed by atoms with E-state index in [4.69, 9.17) is 4.74 Å². The van der Waals surface area contributed by atoms with Gasteiger partial charge >= 0.3 is 0 Å². The summed E-state index contributed by atoms with van der Waals surface area (Å²) in [6, 6.07) is 0.815. The van der Waals surface area contributed by atoms with Gasteiger partial charge in [0, 0.05) is 25.1 Å². The smallest absolute Gasteiger partial charge is 0.219 e. The van der Waals surface area contributed by atoms with E-state index < -0.39 is 0 Å². The fourth-order valence-corrected chi connectivity index (χ4v) is 4.28. The lowest BCUT2D eigenvalue weighted by atomic mass is 9.76. The van der Waals surface area contributed by atoms with Gasteiger partial charge in [-0.2, -0.15) is 0 Å². The van der Waals surface area contributed by atoms with Gasteiger partial charge in [-0.05, 0) is 58.0 Å². The van der Waals surface area contributed by atoms with Gasteiger partial charge in [0.05, 0.1) is 5.60 Å². The molecule has 3 aliphatic rings. The first-order valence-corrected chi connectivity index (χ1v) is 8.40. The van der Waals surface area contributed by atoms with E-state index in [9.17, 15) is 4.79 Å². The molecule has 2 heterocycles. The lowest BCUT2D eigenvalue weighted by Gasteiger charge is -2.45. The standard InChI is InChI=1S/C16H28N2O2/c1-2-15(19)17-13-6-8-16(7-5-11-20-16)12-14(13)18-9-3-4-10-18/h13-14H,2-12H2,1H3,(H,17,19). The van der Waals surface area contributed by atoms with Crippen LogP contribution in [0.25, 0.3) is 0 Å². The highest BCUT2D eigenvalue weighted by molar-refractivity contribution is 5.75. The number of amides is 1. The van der Waals surface area contributed by atoms with Crippen LogP contribution < -0.4 is 5.32 Å². The minimum absolute atomic E-state index is 0.126. The second kappa shape index (κ2) is 6.02. The quantitative estimate of drug-likeness (QED) is 0.860. The molecule has 2 aliphatic heterocycles. The van der Waals surface area contributed by atoms with Crippen molar-refractivity contribution in [1.29, 1.82) is 0 Å². The maximum atomic E-state index is 11.8. The number of rotatable bonds is 3. The Kier molecular flexibility index (Phi) is 4.32. The summed E-state index contributed by atoms with van der Waals surface area (Å²) in [5, 5.41) is 3.27. The van der Waals surface area contributed by atoms with E-state index in [-0.39, 0.29) is 11.5 Å². The molecule has 1 saturated carbocycles. The van der Waals surface area contributed by atoms with E-state index in [1.807, 2.05) is 6.92 Å². The summed E-state index contributed by atoms with van der Waals surface area (Å²) in [4.78, 5) is 14.4. The van der Waals surface area contributed by atoms with E-state index >= 15 is 0 Å². The Hall–Kier alpha value is -0.610. The van der Waals surface area contributed by atoms with Crippen LogP contribution in [0.4, 0.5) is 0 Å². The average molecular weight is 280 g/mol. The fourth-order valence-electron chi connectivity index (χ4n) is 4.28. The van der Waals surface area contributed by atoms with E-state index in [1.54, 1.807) is 0 Å². The van der Waals surface area contributed by atoms with Crippen molar-refractivity contribution in [3.05, 3.63) is 0 Å². The van der Waals surface area contributed by atoms with E-state index in [0.29, 0.717) is 18.5 Å². The van der Waals surface area contributed by atoms with Crippen LogP contribution in [0.2, 0.25) is 0 Å². The molecule has 20 heavy (non-hydrogen) atoms. The van der Waals surface area contributed by atoms with Gasteiger partial charge in [-0.3, -0.25) is 9.69 Å². The molecule has 0 aromatic heterocycles. The Labute approximate surface area is 122 Å². The number of ether oxygens (including phenoxy) is 1. The van der Waals surface area contributed by atoms with Gasteiger partial charge in [-0.25, -0.2) is 0 Å². The zero-order valence-corrected chi connectivity index (χ0v) is 12.7. The lowest BCUT2D eigenvalue weighted by Crippen LogP contribution is -2.57. The van der Waals surface area contributed by atoms with Crippen molar-refractivity contribution in [3.63, 3.8) is 0 Å². The van der Waals surface area contributed by atoms with Gasteiger partial charge in [0.15, 0.2) is 0 Å². The summed E-state index contributed by atoms with van der Waals surface area (Å²) >= 11 is 0. The molecular formula is C16H28N2O2. The Morgan fingerprint density at radius 1 is 1.30 bits per heavy atom. The molecule has 1 N–H and O–H groups in total. The maximum absolute atomic E-state index is 11.8. The molecule has 4 heteroatoms. The molecule has 0 radical (unpaired) electrons. The van der Waals surface area contributed by atoms with E-state index in [1.165, 1.54) is 38.8 Å². The SMILES string of the molecule is CCC(=O)NC1CCC2(CCCO2)CC1N1CCCC1. The van der Waals surface area contributed by atoms with E-state index in [2.05, 4.69) is 10.2 Å². The lowest BCUT2D eigenvalue weighted by molar-refractivity contribution is -0.123. The van der Waals surface area contributed by atoms with Crippen LogP contribution in [0.5, 0.6) is 0 Å². The first-order chi connectivity index (χ1) is 9.72. The van der Waals surface area contributed by atoms with Gasteiger partial charge in [0.25, 0.3) is 0 Å². The van der Waals surface area contributed by atoms with Gasteiger partial charge in [0.1, 0.15) is 0 Å². The number of nitrogens with zero attached hydrogens (tertiary/aromatic N) is 1. The van der Waals surface area contributed by atoms with Crippen molar-refractivity contribution in [2.45, 2.75) is 76.0 Å². The molecule has 0 aromatic carbocycles. The fraction of sp³-hybridized carbons (Fsp3) is 0.938. The second-order valence-corrected chi connectivity index (χ2v) is 6.72. The third kappa shape index (κ3) is 2.86.